The molecule has 0 aromatic carbocycles. The lowest BCUT2D eigenvalue weighted by Crippen LogP contribution is -2.10. The fourth-order valence-electron chi connectivity index (χ4n) is 1.62. The van der Waals surface area contributed by atoms with Gasteiger partial charge in [0.05, 0.1) is 0 Å². The molecular weight excluding hydrogens is 168 g/mol. The maximum absolute atomic E-state index is 8.70. The number of aliphatic hydroxyl groups excluding tert-OH is 1. The Labute approximate surface area is 79.2 Å². The first-order valence-corrected chi connectivity index (χ1v) is 5.83. The minimum absolute atomic E-state index is 0.264. The van der Waals surface area contributed by atoms with Gasteiger partial charge >= 0.3 is 0 Å². The SMILES string of the molecule is C=C(CCO)CC1CCSCC1. The highest BCUT2D eigenvalue weighted by Crippen LogP contribution is 2.27. The molecule has 0 saturated carbocycles. The van der Waals surface area contributed by atoms with Crippen molar-refractivity contribution in [2.45, 2.75) is 25.7 Å². The Morgan fingerprint density at radius 3 is 2.67 bits per heavy atom. The molecule has 0 aliphatic carbocycles. The van der Waals surface area contributed by atoms with Crippen LogP contribution in [-0.2, 0) is 0 Å². The maximum atomic E-state index is 8.70. The number of aliphatic hydroxyl groups is 1. The first-order valence-electron chi connectivity index (χ1n) is 4.68. The summed E-state index contributed by atoms with van der Waals surface area (Å²) in [6.45, 7) is 4.24. The van der Waals surface area contributed by atoms with Gasteiger partial charge in [-0.25, -0.2) is 0 Å². The van der Waals surface area contributed by atoms with Gasteiger partial charge in [0.25, 0.3) is 0 Å². The van der Waals surface area contributed by atoms with Crippen LogP contribution in [0.25, 0.3) is 0 Å². The van der Waals surface area contributed by atoms with Gasteiger partial charge in [-0.15, -0.1) is 0 Å². The van der Waals surface area contributed by atoms with Crippen LogP contribution >= 0.6 is 11.8 Å². The van der Waals surface area contributed by atoms with Crippen molar-refractivity contribution in [3.8, 4) is 0 Å². The predicted octanol–water partition coefficient (Wildman–Crippen LogP) is 2.46. The molecule has 1 nitrogen and oxygen atoms in total. The van der Waals surface area contributed by atoms with E-state index in [0.717, 1.165) is 18.8 Å². The van der Waals surface area contributed by atoms with Crippen LogP contribution in [-0.4, -0.2) is 23.2 Å². The van der Waals surface area contributed by atoms with E-state index in [-0.39, 0.29) is 6.61 Å². The van der Waals surface area contributed by atoms with Crippen LogP contribution in [0.2, 0.25) is 0 Å². The zero-order valence-corrected chi connectivity index (χ0v) is 8.41. The number of thioether (sulfide) groups is 1. The Morgan fingerprint density at radius 1 is 1.42 bits per heavy atom. The molecule has 70 valence electrons. The summed E-state index contributed by atoms with van der Waals surface area (Å²) in [5, 5.41) is 8.70. The fraction of sp³-hybridized carbons (Fsp3) is 0.800. The summed E-state index contributed by atoms with van der Waals surface area (Å²) in [4.78, 5) is 0. The third kappa shape index (κ3) is 3.63. The van der Waals surface area contributed by atoms with Crippen molar-refractivity contribution in [3.05, 3.63) is 12.2 Å². The molecule has 0 unspecified atom stereocenters. The predicted molar refractivity (Wildman–Crippen MR) is 55.5 cm³/mol. The van der Waals surface area contributed by atoms with Crippen molar-refractivity contribution in [3.63, 3.8) is 0 Å². The van der Waals surface area contributed by atoms with E-state index in [2.05, 4.69) is 18.3 Å². The Bertz CT molecular complexity index is 139. The van der Waals surface area contributed by atoms with Gasteiger partial charge in [-0.1, -0.05) is 12.2 Å². The molecule has 1 heterocycles. The summed E-state index contributed by atoms with van der Waals surface area (Å²) >= 11 is 2.06. The molecule has 0 aromatic heterocycles. The van der Waals surface area contributed by atoms with Gasteiger partial charge < -0.3 is 5.11 Å². The van der Waals surface area contributed by atoms with Crippen molar-refractivity contribution >= 4 is 11.8 Å². The second kappa shape index (κ2) is 5.65. The van der Waals surface area contributed by atoms with Gasteiger partial charge in [0.2, 0.25) is 0 Å². The molecule has 1 N–H and O–H groups in total. The van der Waals surface area contributed by atoms with E-state index in [1.807, 2.05) is 0 Å². The molecule has 1 rings (SSSR count). The van der Waals surface area contributed by atoms with Gasteiger partial charge in [0, 0.05) is 6.61 Å². The zero-order chi connectivity index (χ0) is 8.81. The van der Waals surface area contributed by atoms with Gasteiger partial charge in [-0.05, 0) is 43.1 Å². The lowest BCUT2D eigenvalue weighted by Gasteiger charge is -2.21. The summed E-state index contributed by atoms with van der Waals surface area (Å²) in [6, 6.07) is 0. The van der Waals surface area contributed by atoms with E-state index in [4.69, 9.17) is 5.11 Å². The third-order valence-corrected chi connectivity index (χ3v) is 3.43. The highest BCUT2D eigenvalue weighted by atomic mass is 32.2. The van der Waals surface area contributed by atoms with Crippen LogP contribution in [0, 0.1) is 5.92 Å². The Hall–Kier alpha value is 0.0500. The van der Waals surface area contributed by atoms with E-state index < -0.39 is 0 Å². The lowest BCUT2D eigenvalue weighted by atomic mass is 9.93. The molecule has 2 heteroatoms. The van der Waals surface area contributed by atoms with Crippen molar-refractivity contribution in [2.75, 3.05) is 18.1 Å². The second-order valence-corrected chi connectivity index (χ2v) is 4.71. The summed E-state index contributed by atoms with van der Waals surface area (Å²) in [5.74, 6) is 3.49. The Morgan fingerprint density at radius 2 is 2.08 bits per heavy atom. The average molecular weight is 186 g/mol. The van der Waals surface area contributed by atoms with Crippen molar-refractivity contribution in [1.29, 1.82) is 0 Å². The molecule has 0 bridgehead atoms. The molecular formula is C10H18OS. The fourth-order valence-corrected chi connectivity index (χ4v) is 2.82. The molecule has 1 aliphatic rings. The summed E-state index contributed by atoms with van der Waals surface area (Å²) < 4.78 is 0. The van der Waals surface area contributed by atoms with Crippen LogP contribution < -0.4 is 0 Å². The minimum atomic E-state index is 0.264. The number of rotatable bonds is 4. The molecule has 0 amide bonds. The third-order valence-electron chi connectivity index (χ3n) is 2.38. The van der Waals surface area contributed by atoms with E-state index in [9.17, 15) is 0 Å². The van der Waals surface area contributed by atoms with Crippen molar-refractivity contribution in [1.82, 2.24) is 0 Å². The second-order valence-electron chi connectivity index (χ2n) is 3.48. The summed E-state index contributed by atoms with van der Waals surface area (Å²) in [7, 11) is 0. The van der Waals surface area contributed by atoms with Gasteiger partial charge in [0.1, 0.15) is 0 Å². The van der Waals surface area contributed by atoms with Crippen LogP contribution in [0.4, 0.5) is 0 Å². The van der Waals surface area contributed by atoms with Gasteiger partial charge in [-0.3, -0.25) is 0 Å². The van der Waals surface area contributed by atoms with Crippen LogP contribution in [0.5, 0.6) is 0 Å². The quantitative estimate of drug-likeness (QED) is 0.681. The van der Waals surface area contributed by atoms with E-state index >= 15 is 0 Å². The molecule has 0 spiro atoms. The highest BCUT2D eigenvalue weighted by molar-refractivity contribution is 7.99. The highest BCUT2D eigenvalue weighted by Gasteiger charge is 2.13. The van der Waals surface area contributed by atoms with E-state index in [1.54, 1.807) is 0 Å². The molecule has 0 atom stereocenters. The monoisotopic (exact) mass is 186 g/mol. The molecule has 0 aromatic rings. The molecule has 1 saturated heterocycles. The minimum Gasteiger partial charge on any atom is -0.396 e. The molecule has 12 heavy (non-hydrogen) atoms. The summed E-state index contributed by atoms with van der Waals surface area (Å²) in [6.07, 6.45) is 4.62. The topological polar surface area (TPSA) is 20.2 Å². The largest absolute Gasteiger partial charge is 0.396 e. The van der Waals surface area contributed by atoms with Gasteiger partial charge in [-0.2, -0.15) is 11.8 Å². The molecule has 0 radical (unpaired) electrons. The lowest BCUT2D eigenvalue weighted by molar-refractivity contribution is 0.295. The number of hydrogen-bond acceptors (Lipinski definition) is 2. The van der Waals surface area contributed by atoms with Crippen molar-refractivity contribution in [2.24, 2.45) is 5.92 Å². The van der Waals surface area contributed by atoms with Crippen LogP contribution in [0.15, 0.2) is 12.2 Å². The van der Waals surface area contributed by atoms with Crippen LogP contribution in [0.1, 0.15) is 25.7 Å². The number of hydrogen-bond donors (Lipinski definition) is 1. The van der Waals surface area contributed by atoms with Crippen LogP contribution in [0.3, 0.4) is 0 Å². The Kier molecular flexibility index (Phi) is 4.77. The zero-order valence-electron chi connectivity index (χ0n) is 7.59. The van der Waals surface area contributed by atoms with Gasteiger partial charge in [0.15, 0.2) is 0 Å². The normalized spacial score (nSPS) is 19.4. The maximum Gasteiger partial charge on any atom is 0.0468 e. The standard InChI is InChI=1S/C10H18OS/c1-9(2-5-11)8-10-3-6-12-7-4-10/h10-11H,1-8H2. The first-order chi connectivity index (χ1) is 5.83. The smallest absolute Gasteiger partial charge is 0.0468 e. The van der Waals surface area contributed by atoms with E-state index in [0.29, 0.717) is 0 Å². The summed E-state index contributed by atoms with van der Waals surface area (Å²) in [5.41, 5.74) is 1.23. The molecule has 1 aliphatic heterocycles. The van der Waals surface area contributed by atoms with E-state index in [1.165, 1.54) is 29.9 Å². The molecule has 1 fully saturated rings. The first kappa shape index (κ1) is 10.1. The van der Waals surface area contributed by atoms with Crippen molar-refractivity contribution < 1.29 is 5.11 Å². The average Bonchev–Trinajstić information content (AvgIpc) is 2.06. The Balaban J connectivity index is 2.15.